The van der Waals surface area contributed by atoms with E-state index in [0.29, 0.717) is 5.92 Å². The number of allylic oxidation sites excluding steroid dienone is 5. The Balaban J connectivity index is 2.22. The third-order valence-electron chi connectivity index (χ3n) is 3.32. The van der Waals surface area contributed by atoms with Crippen molar-refractivity contribution in [3.05, 3.63) is 36.5 Å². The zero-order valence-corrected chi connectivity index (χ0v) is 11.0. The molecule has 0 nitrogen and oxygen atoms in total. The van der Waals surface area contributed by atoms with Crippen LogP contribution in [0.25, 0.3) is 0 Å². The maximum atomic E-state index is 5.66. The van der Waals surface area contributed by atoms with Crippen molar-refractivity contribution in [3.8, 4) is 0 Å². The minimum absolute atomic E-state index is 0.658. The number of hydrogen-bond donors (Lipinski definition) is 0. The molecule has 0 saturated heterocycles. The number of rotatable bonds is 7. The largest absolute Gasteiger partial charge is 0.127 e. The quantitative estimate of drug-likeness (QED) is 0.427. The molecule has 1 aliphatic carbocycles. The summed E-state index contributed by atoms with van der Waals surface area (Å²) >= 11 is 5.66. The van der Waals surface area contributed by atoms with E-state index in [4.69, 9.17) is 11.6 Å². The first kappa shape index (κ1) is 13.6. The van der Waals surface area contributed by atoms with Gasteiger partial charge in [-0.05, 0) is 30.3 Å². The Morgan fingerprint density at radius 2 is 2.06 bits per heavy atom. The summed E-state index contributed by atoms with van der Waals surface area (Å²) in [6, 6.07) is 0. The zero-order valence-electron chi connectivity index (χ0n) is 10.3. The van der Waals surface area contributed by atoms with Gasteiger partial charge < -0.3 is 0 Å². The molecule has 0 aromatic rings. The van der Waals surface area contributed by atoms with Gasteiger partial charge in [0.2, 0.25) is 0 Å². The first-order valence-electron chi connectivity index (χ1n) is 6.36. The average molecular weight is 239 g/mol. The fourth-order valence-electron chi connectivity index (χ4n) is 2.22. The number of alkyl halides is 1. The highest BCUT2D eigenvalue weighted by Gasteiger charge is 2.15. The van der Waals surface area contributed by atoms with E-state index in [1.54, 1.807) is 0 Å². The Morgan fingerprint density at radius 3 is 2.69 bits per heavy atom. The summed E-state index contributed by atoms with van der Waals surface area (Å²) in [5.41, 5.74) is 1.27. The van der Waals surface area contributed by atoms with Crippen LogP contribution in [0.1, 0.15) is 39.0 Å². The molecule has 1 rings (SSSR count). The van der Waals surface area contributed by atoms with Gasteiger partial charge in [0, 0.05) is 5.88 Å². The smallest absolute Gasteiger partial charge is 0.0223 e. The Kier molecular flexibility index (Phi) is 6.56. The highest BCUT2D eigenvalue weighted by molar-refractivity contribution is 6.17. The van der Waals surface area contributed by atoms with Gasteiger partial charge in [0.05, 0.1) is 0 Å². The molecule has 0 saturated carbocycles. The van der Waals surface area contributed by atoms with Crippen molar-refractivity contribution in [1.82, 2.24) is 0 Å². The second-order valence-electron chi connectivity index (χ2n) is 4.64. The molecular formula is C15H23Cl. The van der Waals surface area contributed by atoms with E-state index in [-0.39, 0.29) is 0 Å². The van der Waals surface area contributed by atoms with E-state index in [2.05, 4.69) is 31.7 Å². The van der Waals surface area contributed by atoms with Gasteiger partial charge in [0.1, 0.15) is 0 Å². The van der Waals surface area contributed by atoms with Crippen molar-refractivity contribution in [2.24, 2.45) is 11.8 Å². The van der Waals surface area contributed by atoms with Crippen LogP contribution in [-0.2, 0) is 0 Å². The second kappa shape index (κ2) is 7.73. The standard InChI is InChI=1S/C15H23Cl/c1-3-14-9-10-15(13(2)12-14)8-6-4-5-7-11-16/h3,9-10,12-13,15H,1,4-8,11H2,2H3. The summed E-state index contributed by atoms with van der Waals surface area (Å²) in [7, 11) is 0. The van der Waals surface area contributed by atoms with Crippen molar-refractivity contribution in [1.29, 1.82) is 0 Å². The average Bonchev–Trinajstić information content (AvgIpc) is 2.30. The van der Waals surface area contributed by atoms with Gasteiger partial charge in [-0.25, -0.2) is 0 Å². The van der Waals surface area contributed by atoms with Gasteiger partial charge in [0.15, 0.2) is 0 Å². The van der Waals surface area contributed by atoms with Crippen molar-refractivity contribution >= 4 is 11.6 Å². The summed E-state index contributed by atoms with van der Waals surface area (Å²) in [6.07, 6.45) is 15.2. The molecule has 0 aromatic heterocycles. The molecule has 0 fully saturated rings. The Morgan fingerprint density at radius 1 is 1.31 bits per heavy atom. The molecule has 16 heavy (non-hydrogen) atoms. The molecule has 0 spiro atoms. The first-order valence-corrected chi connectivity index (χ1v) is 6.89. The van der Waals surface area contributed by atoms with E-state index < -0.39 is 0 Å². The van der Waals surface area contributed by atoms with Crippen LogP contribution < -0.4 is 0 Å². The van der Waals surface area contributed by atoms with E-state index in [1.165, 1.54) is 31.3 Å². The van der Waals surface area contributed by atoms with Crippen LogP contribution in [0.4, 0.5) is 0 Å². The molecule has 0 radical (unpaired) electrons. The molecule has 0 heterocycles. The van der Waals surface area contributed by atoms with Crippen LogP contribution in [0.3, 0.4) is 0 Å². The number of unbranched alkanes of at least 4 members (excludes halogenated alkanes) is 3. The normalized spacial score (nSPS) is 24.2. The lowest BCUT2D eigenvalue weighted by Gasteiger charge is -2.22. The predicted octanol–water partition coefficient (Wildman–Crippen LogP) is 5.11. The minimum atomic E-state index is 0.658. The molecule has 0 amide bonds. The topological polar surface area (TPSA) is 0 Å². The third kappa shape index (κ3) is 4.57. The minimum Gasteiger partial charge on any atom is -0.127 e. The first-order chi connectivity index (χ1) is 7.77. The fraction of sp³-hybridized carbons (Fsp3) is 0.600. The highest BCUT2D eigenvalue weighted by atomic mass is 35.5. The molecule has 0 N–H and O–H groups in total. The summed E-state index contributed by atoms with van der Waals surface area (Å²) in [4.78, 5) is 0. The van der Waals surface area contributed by atoms with Crippen molar-refractivity contribution < 1.29 is 0 Å². The van der Waals surface area contributed by atoms with E-state index in [9.17, 15) is 0 Å². The molecule has 2 atom stereocenters. The second-order valence-corrected chi connectivity index (χ2v) is 5.02. The van der Waals surface area contributed by atoms with E-state index in [1.807, 2.05) is 6.08 Å². The van der Waals surface area contributed by atoms with Crippen LogP contribution in [0.5, 0.6) is 0 Å². The molecule has 0 bridgehead atoms. The molecule has 90 valence electrons. The lowest BCUT2D eigenvalue weighted by molar-refractivity contribution is 0.443. The van der Waals surface area contributed by atoms with Gasteiger partial charge in [0.25, 0.3) is 0 Å². The van der Waals surface area contributed by atoms with Gasteiger partial charge in [-0.3, -0.25) is 0 Å². The lowest BCUT2D eigenvalue weighted by atomic mass is 9.83. The van der Waals surface area contributed by atoms with Crippen LogP contribution in [-0.4, -0.2) is 5.88 Å². The van der Waals surface area contributed by atoms with Crippen LogP contribution in [0.15, 0.2) is 36.5 Å². The predicted molar refractivity (Wildman–Crippen MR) is 73.9 cm³/mol. The third-order valence-corrected chi connectivity index (χ3v) is 3.59. The van der Waals surface area contributed by atoms with Crippen LogP contribution in [0, 0.1) is 11.8 Å². The molecular weight excluding hydrogens is 216 g/mol. The van der Waals surface area contributed by atoms with Crippen LogP contribution in [0.2, 0.25) is 0 Å². The van der Waals surface area contributed by atoms with Crippen molar-refractivity contribution in [3.63, 3.8) is 0 Å². The van der Waals surface area contributed by atoms with Gasteiger partial charge in [-0.15, -0.1) is 11.6 Å². The lowest BCUT2D eigenvalue weighted by Crippen LogP contribution is -2.10. The maximum Gasteiger partial charge on any atom is 0.0223 e. The summed E-state index contributed by atoms with van der Waals surface area (Å²) < 4.78 is 0. The molecule has 0 aromatic carbocycles. The summed E-state index contributed by atoms with van der Waals surface area (Å²) in [5, 5.41) is 0. The summed E-state index contributed by atoms with van der Waals surface area (Å²) in [5.74, 6) is 2.19. The Bertz CT molecular complexity index is 263. The Hall–Kier alpha value is -0.490. The van der Waals surface area contributed by atoms with Crippen molar-refractivity contribution in [2.45, 2.75) is 39.0 Å². The van der Waals surface area contributed by atoms with Gasteiger partial charge in [-0.2, -0.15) is 0 Å². The zero-order chi connectivity index (χ0) is 11.8. The molecule has 2 unspecified atom stereocenters. The molecule has 1 heteroatoms. The van der Waals surface area contributed by atoms with Crippen molar-refractivity contribution in [2.75, 3.05) is 5.88 Å². The molecule has 1 aliphatic rings. The van der Waals surface area contributed by atoms with E-state index >= 15 is 0 Å². The van der Waals surface area contributed by atoms with E-state index in [0.717, 1.165) is 18.2 Å². The summed E-state index contributed by atoms with van der Waals surface area (Å²) in [6.45, 7) is 6.11. The fourth-order valence-corrected chi connectivity index (χ4v) is 2.40. The van der Waals surface area contributed by atoms with Gasteiger partial charge >= 0.3 is 0 Å². The maximum absolute atomic E-state index is 5.66. The Labute approximate surface area is 105 Å². The highest BCUT2D eigenvalue weighted by Crippen LogP contribution is 2.27. The SMILES string of the molecule is C=CC1=CC(C)C(CCCCCCCl)C=C1. The van der Waals surface area contributed by atoms with Gasteiger partial charge in [-0.1, -0.05) is 57.1 Å². The number of halogens is 1. The number of hydrogen-bond acceptors (Lipinski definition) is 0. The monoisotopic (exact) mass is 238 g/mol. The molecule has 0 aliphatic heterocycles. The van der Waals surface area contributed by atoms with Crippen LogP contribution >= 0.6 is 11.6 Å².